The molecule has 2 nitrogen and oxygen atoms in total. The van der Waals surface area contributed by atoms with Gasteiger partial charge in [0.2, 0.25) is 0 Å². The van der Waals surface area contributed by atoms with E-state index in [4.69, 9.17) is 0 Å². The van der Waals surface area contributed by atoms with Gasteiger partial charge in [0, 0.05) is 39.6 Å². The Labute approximate surface area is 397 Å². The monoisotopic (exact) mass is 1100 g/mol. The van der Waals surface area contributed by atoms with Crippen LogP contribution in [0.4, 0.5) is 105 Å². The average Bonchev–Trinajstić information content (AvgIpc) is 3.24. The largest absolute Gasteiger partial charge is 0.416 e. The molecule has 0 aliphatic rings. The molecule has 6 aromatic rings. The highest BCUT2D eigenvalue weighted by Crippen LogP contribution is 2.41. The van der Waals surface area contributed by atoms with Crippen LogP contribution in [0, 0.1) is 0 Å². The number of halogens is 24. The maximum absolute atomic E-state index is 14.2. The molecule has 0 N–H and O–H groups in total. The molecular formula is C45H26BF24NOS. The fourth-order valence-electron chi connectivity index (χ4n) is 7.64. The summed E-state index contributed by atoms with van der Waals surface area (Å²) >= 11 is 0. The minimum absolute atomic E-state index is 0.691. The van der Waals surface area contributed by atoms with Crippen molar-refractivity contribution in [1.82, 2.24) is 0 Å². The normalized spacial score (nSPS) is 13.9. The van der Waals surface area contributed by atoms with Crippen molar-refractivity contribution in [2.75, 3.05) is 6.26 Å². The molecule has 1 heterocycles. The molecule has 0 amide bonds. The highest BCUT2D eigenvalue weighted by molar-refractivity contribution is 7.84. The van der Waals surface area contributed by atoms with E-state index >= 15 is 0 Å². The summed E-state index contributed by atoms with van der Waals surface area (Å²) < 4.78 is 354. The SMILES string of the molecule is CS(=O)c1cccc(C[n+]2ccccc2)c1.FC(F)(F)c1cc([B-](c2cc(C(F)(F)F)cc(C(F)(F)F)c2)(c2cc(C(F)(F)F)cc(C(F)(F)F)c2)c2cc(C(F)(F)F)cc(C(F)(F)F)c2)cc(C(F)(F)F)c1. The van der Waals surface area contributed by atoms with Crippen molar-refractivity contribution in [2.45, 2.75) is 60.9 Å². The Morgan fingerprint density at radius 3 is 0.822 bits per heavy atom. The van der Waals surface area contributed by atoms with E-state index in [1.165, 1.54) is 5.56 Å². The molecular weight excluding hydrogens is 1070 g/mol. The number of pyridine rings is 1. The lowest BCUT2D eigenvalue weighted by molar-refractivity contribution is -0.688. The molecule has 394 valence electrons. The highest BCUT2D eigenvalue weighted by atomic mass is 32.2. The van der Waals surface area contributed by atoms with E-state index in [2.05, 4.69) is 10.6 Å². The summed E-state index contributed by atoms with van der Waals surface area (Å²) in [4.78, 5) is 0.883. The number of nitrogens with zero attached hydrogens (tertiary/aromatic N) is 1. The zero-order valence-corrected chi connectivity index (χ0v) is 36.6. The van der Waals surface area contributed by atoms with E-state index in [0.29, 0.717) is 0 Å². The summed E-state index contributed by atoms with van der Waals surface area (Å²) in [6.45, 7) is 0.811. The molecule has 5 aromatic carbocycles. The van der Waals surface area contributed by atoms with Gasteiger partial charge in [-0.15, -0.1) is 0 Å². The molecule has 0 bridgehead atoms. The fourth-order valence-corrected chi connectivity index (χ4v) is 8.23. The number of rotatable bonds is 7. The first-order valence-corrected chi connectivity index (χ1v) is 21.3. The quantitative estimate of drug-likeness (QED) is 0.0887. The van der Waals surface area contributed by atoms with Crippen LogP contribution in [-0.4, -0.2) is 16.6 Å². The number of benzene rings is 5. The molecule has 0 aliphatic heterocycles. The minimum atomic E-state index is -6.13. The Morgan fingerprint density at radius 1 is 0.356 bits per heavy atom. The van der Waals surface area contributed by atoms with Crippen LogP contribution in [0.1, 0.15) is 50.1 Å². The first kappa shape index (κ1) is 57.7. The van der Waals surface area contributed by atoms with E-state index in [9.17, 15) is 110 Å². The Hall–Kier alpha value is -6.22. The summed E-state index contributed by atoms with van der Waals surface area (Å²) in [5, 5.41) is 0. The Kier molecular flexibility index (Phi) is 15.7. The van der Waals surface area contributed by atoms with E-state index < -0.39 is 206 Å². The lowest BCUT2D eigenvalue weighted by Crippen LogP contribution is -2.75. The lowest BCUT2D eigenvalue weighted by atomic mass is 9.12. The van der Waals surface area contributed by atoms with Crippen LogP contribution < -0.4 is 26.4 Å². The summed E-state index contributed by atoms with van der Waals surface area (Å²) in [7, 11) is -0.906. The van der Waals surface area contributed by atoms with Crippen LogP contribution in [-0.2, 0) is 66.8 Å². The maximum Gasteiger partial charge on any atom is 0.416 e. The molecule has 0 aliphatic carbocycles. The average molecular weight is 1100 g/mol. The molecule has 0 spiro atoms. The lowest BCUT2D eigenvalue weighted by Gasteiger charge is -2.46. The van der Waals surface area contributed by atoms with Crippen molar-refractivity contribution >= 4 is 38.8 Å². The summed E-state index contributed by atoms with van der Waals surface area (Å²) in [6.07, 6.45) is -49.1. The summed E-state index contributed by atoms with van der Waals surface area (Å²) in [5.41, 5.74) is -29.0. The second-order valence-electron chi connectivity index (χ2n) is 15.9. The summed E-state index contributed by atoms with van der Waals surface area (Å²) in [5.74, 6) is 0. The van der Waals surface area contributed by atoms with Crippen molar-refractivity contribution in [3.8, 4) is 0 Å². The van der Waals surface area contributed by atoms with Crippen LogP contribution in [0.25, 0.3) is 0 Å². The van der Waals surface area contributed by atoms with Crippen molar-refractivity contribution in [1.29, 1.82) is 0 Å². The standard InChI is InChI=1S/C32H12BF24.C13H14NOS/c34-25(35,36)13-1-14(26(37,38)39)6-21(5-13)33(22-7-15(27(40,41)42)2-16(8-22)28(43,44)45,23-9-17(29(46,47)48)3-18(10-23)30(49,50)51)24-11-19(31(52,53)54)4-20(12-24)32(55,56)57;1-16(15)13-7-5-6-12(10-13)11-14-8-3-2-4-9-14/h1-12H;2-10H,11H2,1H3/q-1;+1. The zero-order valence-electron chi connectivity index (χ0n) is 35.7. The second kappa shape index (κ2) is 19.9. The Morgan fingerprint density at radius 2 is 0.603 bits per heavy atom. The van der Waals surface area contributed by atoms with Gasteiger partial charge in [-0.2, -0.15) is 127 Å². The fraction of sp³-hybridized carbons (Fsp3) is 0.222. The van der Waals surface area contributed by atoms with Gasteiger partial charge in [-0.05, 0) is 36.4 Å². The molecule has 73 heavy (non-hydrogen) atoms. The van der Waals surface area contributed by atoms with Gasteiger partial charge in [0.15, 0.2) is 18.9 Å². The van der Waals surface area contributed by atoms with Crippen LogP contribution in [0.5, 0.6) is 0 Å². The van der Waals surface area contributed by atoms with Gasteiger partial charge in [0.25, 0.3) is 0 Å². The molecule has 6 rings (SSSR count). The summed E-state index contributed by atoms with van der Waals surface area (Å²) in [6, 6.07) is 5.09. The van der Waals surface area contributed by atoms with E-state index in [0.717, 1.165) is 11.4 Å². The molecule has 0 radical (unpaired) electrons. The van der Waals surface area contributed by atoms with Crippen molar-refractivity contribution in [3.63, 3.8) is 0 Å². The highest BCUT2D eigenvalue weighted by Gasteiger charge is 2.47. The van der Waals surface area contributed by atoms with Gasteiger partial charge in [0.05, 0.1) is 44.5 Å². The third-order valence-corrected chi connectivity index (χ3v) is 11.7. The number of hydrogen-bond acceptors (Lipinski definition) is 1. The Balaban J connectivity index is 0.000000520. The first-order valence-electron chi connectivity index (χ1n) is 19.7. The van der Waals surface area contributed by atoms with Crippen molar-refractivity contribution in [3.05, 3.63) is 178 Å². The van der Waals surface area contributed by atoms with Gasteiger partial charge in [-0.25, -0.2) is 4.57 Å². The van der Waals surface area contributed by atoms with Crippen molar-refractivity contribution < 1.29 is 114 Å². The molecule has 0 saturated carbocycles. The van der Waals surface area contributed by atoms with E-state index in [-0.39, 0.29) is 0 Å². The van der Waals surface area contributed by atoms with Gasteiger partial charge in [-0.3, -0.25) is 4.21 Å². The molecule has 0 fully saturated rings. The molecule has 1 unspecified atom stereocenters. The minimum Gasteiger partial charge on any atom is -0.255 e. The predicted octanol–water partition coefficient (Wildman–Crippen LogP) is 13.0. The number of hydrogen-bond donors (Lipinski definition) is 0. The topological polar surface area (TPSA) is 20.9 Å². The van der Waals surface area contributed by atoms with Crippen molar-refractivity contribution in [2.24, 2.45) is 0 Å². The van der Waals surface area contributed by atoms with Crippen LogP contribution in [0.15, 0.2) is 133 Å². The predicted molar refractivity (Wildman–Crippen MR) is 215 cm³/mol. The second-order valence-corrected chi connectivity index (χ2v) is 17.3. The zero-order chi connectivity index (χ0) is 55.3. The molecule has 1 aromatic heterocycles. The third kappa shape index (κ3) is 13.7. The molecule has 0 saturated heterocycles. The molecule has 1 atom stereocenters. The number of alkyl halides is 24. The molecule has 28 heteroatoms. The van der Waals surface area contributed by atoms with Gasteiger partial charge in [-0.1, -0.05) is 66.7 Å². The smallest absolute Gasteiger partial charge is 0.255 e. The first-order chi connectivity index (χ1) is 33.0. The van der Waals surface area contributed by atoms with Crippen LogP contribution in [0.2, 0.25) is 0 Å². The van der Waals surface area contributed by atoms with Crippen LogP contribution in [0.3, 0.4) is 0 Å². The maximum atomic E-state index is 14.2. The Bertz CT molecular complexity index is 2530. The van der Waals surface area contributed by atoms with E-state index in [1.807, 2.05) is 48.8 Å². The van der Waals surface area contributed by atoms with E-state index in [1.54, 1.807) is 6.26 Å². The third-order valence-electron chi connectivity index (χ3n) is 10.8. The van der Waals surface area contributed by atoms with Gasteiger partial charge >= 0.3 is 49.4 Å². The van der Waals surface area contributed by atoms with Gasteiger partial charge in [0.1, 0.15) is 6.15 Å². The van der Waals surface area contributed by atoms with Gasteiger partial charge < -0.3 is 0 Å². The number of aromatic nitrogens is 1. The van der Waals surface area contributed by atoms with Crippen LogP contribution >= 0.6 is 0 Å².